The van der Waals surface area contributed by atoms with Crippen LogP contribution in [0, 0.1) is 0 Å². The van der Waals surface area contributed by atoms with Crippen LogP contribution >= 0.6 is 11.3 Å². The number of para-hydroxylation sites is 2. The topological polar surface area (TPSA) is 16.4 Å². The summed E-state index contributed by atoms with van der Waals surface area (Å²) in [7, 11) is 0. The lowest BCUT2D eigenvalue weighted by atomic mass is 9.98. The molecule has 0 fully saturated rings. The summed E-state index contributed by atoms with van der Waals surface area (Å²) in [5, 5.41) is 7.21. The van der Waals surface area contributed by atoms with Crippen LogP contribution < -0.4 is 4.90 Å². The maximum Gasteiger partial charge on any atom is 0.137 e. The van der Waals surface area contributed by atoms with E-state index in [1.165, 1.54) is 53.2 Å². The van der Waals surface area contributed by atoms with Crippen LogP contribution in [0.4, 0.5) is 17.1 Å². The second-order valence-corrected chi connectivity index (χ2v) is 13.5. The van der Waals surface area contributed by atoms with E-state index in [9.17, 15) is 0 Å². The Morgan fingerprint density at radius 1 is 0.388 bits per heavy atom. The number of rotatable bonds is 5. The first kappa shape index (κ1) is 27.9. The quantitative estimate of drug-likeness (QED) is 0.186. The Kier molecular flexibility index (Phi) is 6.39. The molecule has 0 aliphatic rings. The van der Waals surface area contributed by atoms with Crippen LogP contribution in [0.1, 0.15) is 0 Å². The van der Waals surface area contributed by atoms with E-state index in [0.717, 1.165) is 39.0 Å². The molecule has 0 saturated carbocycles. The summed E-state index contributed by atoms with van der Waals surface area (Å²) in [6.07, 6.45) is 0. The van der Waals surface area contributed by atoms with Gasteiger partial charge in [-0.05, 0) is 63.9 Å². The van der Waals surface area contributed by atoms with Crippen molar-refractivity contribution in [3.05, 3.63) is 176 Å². The lowest BCUT2D eigenvalue weighted by Crippen LogP contribution is -2.11. The van der Waals surface area contributed by atoms with Crippen molar-refractivity contribution in [2.45, 2.75) is 0 Å². The molecule has 10 rings (SSSR count). The predicted octanol–water partition coefficient (Wildman–Crippen LogP) is 13.9. The van der Waals surface area contributed by atoms with Crippen molar-refractivity contribution in [2.24, 2.45) is 0 Å². The number of fused-ring (bicyclic) bond motifs is 7. The molecule has 0 amide bonds. The van der Waals surface area contributed by atoms with Gasteiger partial charge in [0, 0.05) is 26.4 Å². The number of benzene rings is 8. The molecule has 2 heterocycles. The predicted molar refractivity (Wildman–Crippen MR) is 210 cm³/mol. The third-order valence-corrected chi connectivity index (χ3v) is 10.9. The second kappa shape index (κ2) is 11.2. The maximum atomic E-state index is 6.45. The molecule has 0 aliphatic heterocycles. The largest absolute Gasteiger partial charge is 0.456 e. The Hall–Kier alpha value is -6.16. The lowest BCUT2D eigenvalue weighted by molar-refractivity contribution is 0.669. The van der Waals surface area contributed by atoms with Gasteiger partial charge in [0.2, 0.25) is 0 Å². The third-order valence-electron chi connectivity index (χ3n) is 9.66. The highest BCUT2D eigenvalue weighted by Gasteiger charge is 2.24. The van der Waals surface area contributed by atoms with E-state index in [1.54, 1.807) is 0 Å². The standard InChI is InChI=1S/C46H29NOS/c1-2-14-31(15-3-1)35-19-10-20-36-37-21-11-24-41(46(37)49-45(35)36)47(40-23-12-26-43-44(40)38-18-7-9-25-42(38)48-43)39-22-8-6-17-34(39)33-28-27-30-13-4-5-16-32(30)29-33/h1-29H. The van der Waals surface area contributed by atoms with E-state index in [4.69, 9.17) is 4.42 Å². The van der Waals surface area contributed by atoms with Gasteiger partial charge in [0.1, 0.15) is 11.2 Å². The van der Waals surface area contributed by atoms with E-state index in [2.05, 4.69) is 175 Å². The Morgan fingerprint density at radius 3 is 1.94 bits per heavy atom. The van der Waals surface area contributed by atoms with Crippen LogP contribution in [0.5, 0.6) is 0 Å². The zero-order chi connectivity index (χ0) is 32.3. The molecule has 2 nitrogen and oxygen atoms in total. The minimum absolute atomic E-state index is 0.877. The third kappa shape index (κ3) is 4.47. The fourth-order valence-corrected chi connectivity index (χ4v) is 8.77. The Balaban J connectivity index is 1.30. The van der Waals surface area contributed by atoms with Gasteiger partial charge < -0.3 is 9.32 Å². The first-order chi connectivity index (χ1) is 24.3. The Bertz CT molecular complexity index is 2840. The van der Waals surface area contributed by atoms with E-state index in [1.807, 2.05) is 17.4 Å². The van der Waals surface area contributed by atoms with Crippen molar-refractivity contribution >= 4 is 81.3 Å². The van der Waals surface area contributed by atoms with Gasteiger partial charge in [-0.25, -0.2) is 0 Å². The molecule has 0 bridgehead atoms. The zero-order valence-electron chi connectivity index (χ0n) is 26.5. The molecular weight excluding hydrogens is 615 g/mol. The highest BCUT2D eigenvalue weighted by molar-refractivity contribution is 7.27. The first-order valence-corrected chi connectivity index (χ1v) is 17.4. The molecule has 0 N–H and O–H groups in total. The van der Waals surface area contributed by atoms with Crippen LogP contribution in [0.15, 0.2) is 180 Å². The van der Waals surface area contributed by atoms with Gasteiger partial charge in [-0.3, -0.25) is 0 Å². The molecule has 49 heavy (non-hydrogen) atoms. The molecule has 8 aromatic carbocycles. The highest BCUT2D eigenvalue weighted by atomic mass is 32.1. The minimum Gasteiger partial charge on any atom is -0.456 e. The van der Waals surface area contributed by atoms with E-state index in [-0.39, 0.29) is 0 Å². The van der Waals surface area contributed by atoms with E-state index >= 15 is 0 Å². The van der Waals surface area contributed by atoms with Gasteiger partial charge in [0.15, 0.2) is 0 Å². The summed E-state index contributed by atoms with van der Waals surface area (Å²) < 4.78 is 9.00. The average Bonchev–Trinajstić information content (AvgIpc) is 3.75. The molecule has 3 heteroatoms. The molecule has 230 valence electrons. The minimum atomic E-state index is 0.877. The van der Waals surface area contributed by atoms with Gasteiger partial charge in [0.05, 0.1) is 27.1 Å². The van der Waals surface area contributed by atoms with Crippen molar-refractivity contribution in [3.63, 3.8) is 0 Å². The Labute approximate surface area is 287 Å². The van der Waals surface area contributed by atoms with Gasteiger partial charge in [-0.1, -0.05) is 140 Å². The molecule has 0 aliphatic carbocycles. The van der Waals surface area contributed by atoms with Crippen molar-refractivity contribution in [1.82, 2.24) is 0 Å². The monoisotopic (exact) mass is 643 g/mol. The SMILES string of the molecule is c1ccc(-c2cccc3c2sc2c(N(c4ccccc4-c4ccc5ccccc5c4)c4cccc5oc6ccccc6c45)cccc23)cc1. The number of hydrogen-bond acceptors (Lipinski definition) is 3. The fraction of sp³-hybridized carbons (Fsp3) is 0. The molecule has 0 unspecified atom stereocenters. The summed E-state index contributed by atoms with van der Waals surface area (Å²) in [5.41, 5.74) is 9.95. The van der Waals surface area contributed by atoms with Gasteiger partial charge in [-0.2, -0.15) is 0 Å². The van der Waals surface area contributed by atoms with Gasteiger partial charge in [0.25, 0.3) is 0 Å². The number of nitrogens with zero attached hydrogens (tertiary/aromatic N) is 1. The van der Waals surface area contributed by atoms with Gasteiger partial charge >= 0.3 is 0 Å². The van der Waals surface area contributed by atoms with Crippen LogP contribution in [-0.2, 0) is 0 Å². The first-order valence-electron chi connectivity index (χ1n) is 16.6. The molecular formula is C46H29NOS. The smallest absolute Gasteiger partial charge is 0.137 e. The van der Waals surface area contributed by atoms with Crippen LogP contribution in [-0.4, -0.2) is 0 Å². The second-order valence-electron chi connectivity index (χ2n) is 12.5. The van der Waals surface area contributed by atoms with Crippen molar-refractivity contribution < 1.29 is 4.42 Å². The maximum absolute atomic E-state index is 6.45. The molecule has 0 radical (unpaired) electrons. The molecule has 2 aromatic heterocycles. The summed E-state index contributed by atoms with van der Waals surface area (Å²) in [6.45, 7) is 0. The van der Waals surface area contributed by atoms with Crippen molar-refractivity contribution in [2.75, 3.05) is 4.90 Å². The average molecular weight is 644 g/mol. The zero-order valence-corrected chi connectivity index (χ0v) is 27.3. The number of anilines is 3. The summed E-state index contributed by atoms with van der Waals surface area (Å²) in [6, 6.07) is 63.2. The summed E-state index contributed by atoms with van der Waals surface area (Å²) in [5.74, 6) is 0. The highest BCUT2D eigenvalue weighted by Crippen LogP contribution is 2.51. The van der Waals surface area contributed by atoms with E-state index in [0.29, 0.717) is 0 Å². The van der Waals surface area contributed by atoms with Crippen molar-refractivity contribution in [3.8, 4) is 22.3 Å². The normalized spacial score (nSPS) is 11.7. The lowest BCUT2D eigenvalue weighted by Gasteiger charge is -2.29. The number of thiophene rings is 1. The van der Waals surface area contributed by atoms with Crippen molar-refractivity contribution in [1.29, 1.82) is 0 Å². The Morgan fingerprint density at radius 2 is 1.02 bits per heavy atom. The fourth-order valence-electron chi connectivity index (χ4n) is 7.43. The van der Waals surface area contributed by atoms with Crippen LogP contribution in [0.3, 0.4) is 0 Å². The number of hydrogen-bond donors (Lipinski definition) is 0. The summed E-state index contributed by atoms with van der Waals surface area (Å²) >= 11 is 1.88. The number of furan rings is 1. The molecule has 0 spiro atoms. The molecule has 0 atom stereocenters. The van der Waals surface area contributed by atoms with Gasteiger partial charge in [-0.15, -0.1) is 11.3 Å². The molecule has 10 aromatic rings. The summed E-state index contributed by atoms with van der Waals surface area (Å²) in [4.78, 5) is 2.47. The van der Waals surface area contributed by atoms with Crippen LogP contribution in [0.25, 0.3) is 75.1 Å². The van der Waals surface area contributed by atoms with Crippen LogP contribution in [0.2, 0.25) is 0 Å². The molecule has 0 saturated heterocycles. The van der Waals surface area contributed by atoms with E-state index < -0.39 is 0 Å².